The summed E-state index contributed by atoms with van der Waals surface area (Å²) in [7, 11) is 0. The molecule has 0 bridgehead atoms. The number of rotatable bonds is 2. The van der Waals surface area contributed by atoms with E-state index < -0.39 is 6.04 Å². The second-order valence-electron chi connectivity index (χ2n) is 4.57. The smallest absolute Gasteiger partial charge is 0.249 e. The van der Waals surface area contributed by atoms with E-state index in [1.165, 1.54) is 0 Å². The van der Waals surface area contributed by atoms with E-state index in [2.05, 4.69) is 15.3 Å². The molecule has 19 heavy (non-hydrogen) atoms. The Bertz CT molecular complexity index is 543. The van der Waals surface area contributed by atoms with Crippen LogP contribution in [0, 0.1) is 13.8 Å². The van der Waals surface area contributed by atoms with Gasteiger partial charge in [-0.2, -0.15) is 0 Å². The number of hydrogen-bond acceptors (Lipinski definition) is 6. The number of nitrogens with zero attached hydrogens (tertiary/aromatic N) is 3. The standard InChI is InChI=1S/C12H17N5O2/c1-4-8-12(19)16-9(18)5-17(8)11-6(2)10(13)14-7(3)15-11/h8H,4-5H2,1-3H3,(H2,13,14,15)(H,16,18,19). The molecule has 1 atom stereocenters. The first-order valence-electron chi connectivity index (χ1n) is 6.15. The second kappa shape index (κ2) is 4.83. The Labute approximate surface area is 111 Å². The third-order valence-electron chi connectivity index (χ3n) is 3.18. The fourth-order valence-electron chi connectivity index (χ4n) is 2.21. The van der Waals surface area contributed by atoms with E-state index in [1.807, 2.05) is 6.92 Å². The van der Waals surface area contributed by atoms with Crippen molar-refractivity contribution in [2.24, 2.45) is 0 Å². The SMILES string of the molecule is CCC1C(=O)NC(=O)CN1c1nc(C)nc(N)c1C. The average molecular weight is 263 g/mol. The topological polar surface area (TPSA) is 101 Å². The zero-order valence-electron chi connectivity index (χ0n) is 11.2. The van der Waals surface area contributed by atoms with Crippen LogP contribution in [0.25, 0.3) is 0 Å². The van der Waals surface area contributed by atoms with Crippen LogP contribution < -0.4 is 16.0 Å². The van der Waals surface area contributed by atoms with Gasteiger partial charge < -0.3 is 10.6 Å². The largest absolute Gasteiger partial charge is 0.383 e. The van der Waals surface area contributed by atoms with Crippen molar-refractivity contribution in [1.82, 2.24) is 15.3 Å². The summed E-state index contributed by atoms with van der Waals surface area (Å²) in [6.45, 7) is 5.50. The summed E-state index contributed by atoms with van der Waals surface area (Å²) in [5.74, 6) is 0.819. The summed E-state index contributed by atoms with van der Waals surface area (Å²) in [4.78, 5) is 33.5. The third kappa shape index (κ3) is 2.35. The number of carbonyl (C=O) groups is 2. The quantitative estimate of drug-likeness (QED) is 0.723. The Morgan fingerprint density at radius 3 is 2.68 bits per heavy atom. The number of imide groups is 1. The lowest BCUT2D eigenvalue weighted by atomic mass is 10.1. The first kappa shape index (κ1) is 13.3. The molecule has 0 radical (unpaired) electrons. The number of nitrogens with two attached hydrogens (primary N) is 1. The Morgan fingerprint density at radius 2 is 2.05 bits per heavy atom. The number of nitrogen functional groups attached to an aromatic ring is 1. The minimum atomic E-state index is -0.412. The Balaban J connectivity index is 2.49. The van der Waals surface area contributed by atoms with E-state index in [-0.39, 0.29) is 18.4 Å². The zero-order chi connectivity index (χ0) is 14.2. The van der Waals surface area contributed by atoms with E-state index in [4.69, 9.17) is 5.73 Å². The van der Waals surface area contributed by atoms with Crippen molar-refractivity contribution in [1.29, 1.82) is 0 Å². The highest BCUT2D eigenvalue weighted by molar-refractivity contribution is 6.04. The van der Waals surface area contributed by atoms with Gasteiger partial charge in [-0.05, 0) is 20.3 Å². The average Bonchev–Trinajstić information content (AvgIpc) is 2.33. The van der Waals surface area contributed by atoms with Gasteiger partial charge >= 0.3 is 0 Å². The third-order valence-corrected chi connectivity index (χ3v) is 3.18. The van der Waals surface area contributed by atoms with E-state index in [0.29, 0.717) is 29.4 Å². The lowest BCUT2D eigenvalue weighted by Crippen LogP contribution is -2.58. The Hall–Kier alpha value is -2.18. The van der Waals surface area contributed by atoms with Crippen molar-refractivity contribution in [2.45, 2.75) is 33.2 Å². The summed E-state index contributed by atoms with van der Waals surface area (Å²) in [5.41, 5.74) is 6.51. The van der Waals surface area contributed by atoms with Crippen molar-refractivity contribution >= 4 is 23.5 Å². The molecule has 102 valence electrons. The fourth-order valence-corrected chi connectivity index (χ4v) is 2.21. The van der Waals surface area contributed by atoms with Crippen LogP contribution >= 0.6 is 0 Å². The summed E-state index contributed by atoms with van der Waals surface area (Å²) in [5, 5.41) is 2.33. The van der Waals surface area contributed by atoms with Gasteiger partial charge in [-0.15, -0.1) is 0 Å². The lowest BCUT2D eigenvalue weighted by molar-refractivity contribution is -0.132. The molecule has 0 aromatic carbocycles. The van der Waals surface area contributed by atoms with Crippen molar-refractivity contribution in [3.63, 3.8) is 0 Å². The molecule has 7 heteroatoms. The summed E-state index contributed by atoms with van der Waals surface area (Å²) < 4.78 is 0. The summed E-state index contributed by atoms with van der Waals surface area (Å²) in [6, 6.07) is -0.412. The molecule has 1 aromatic heterocycles. The molecule has 0 aliphatic carbocycles. The first-order chi connectivity index (χ1) is 8.93. The van der Waals surface area contributed by atoms with Crippen LogP contribution in [0.1, 0.15) is 24.7 Å². The number of hydrogen-bond donors (Lipinski definition) is 2. The van der Waals surface area contributed by atoms with Crippen LogP contribution in [0.3, 0.4) is 0 Å². The predicted molar refractivity (Wildman–Crippen MR) is 70.5 cm³/mol. The van der Waals surface area contributed by atoms with Gasteiger partial charge in [0, 0.05) is 5.56 Å². The lowest BCUT2D eigenvalue weighted by Gasteiger charge is -2.35. The predicted octanol–water partition coefficient (Wildman–Crippen LogP) is -0.0830. The number of aryl methyl sites for hydroxylation is 1. The van der Waals surface area contributed by atoms with Gasteiger partial charge in [0.1, 0.15) is 23.5 Å². The molecule has 0 spiro atoms. The van der Waals surface area contributed by atoms with Crippen molar-refractivity contribution < 1.29 is 9.59 Å². The molecule has 1 saturated heterocycles. The number of carbonyl (C=O) groups excluding carboxylic acids is 2. The van der Waals surface area contributed by atoms with Crippen LogP contribution in [0.4, 0.5) is 11.6 Å². The molecule has 1 aliphatic rings. The monoisotopic (exact) mass is 263 g/mol. The summed E-state index contributed by atoms with van der Waals surface area (Å²) >= 11 is 0. The number of aromatic nitrogens is 2. The van der Waals surface area contributed by atoms with Crippen LogP contribution in [0.2, 0.25) is 0 Å². The van der Waals surface area contributed by atoms with Gasteiger partial charge in [0.05, 0.1) is 6.54 Å². The van der Waals surface area contributed by atoms with Crippen LogP contribution in [-0.4, -0.2) is 34.4 Å². The van der Waals surface area contributed by atoms with E-state index >= 15 is 0 Å². The van der Waals surface area contributed by atoms with Gasteiger partial charge in [-0.3, -0.25) is 14.9 Å². The number of nitrogens with one attached hydrogen (secondary N) is 1. The maximum atomic E-state index is 11.9. The van der Waals surface area contributed by atoms with E-state index in [1.54, 1.807) is 18.7 Å². The molecule has 1 aromatic rings. The minimum Gasteiger partial charge on any atom is -0.383 e. The Kier molecular flexibility index (Phi) is 3.37. The number of anilines is 2. The van der Waals surface area contributed by atoms with Crippen molar-refractivity contribution in [3.8, 4) is 0 Å². The normalized spacial score (nSPS) is 19.5. The molecule has 7 nitrogen and oxygen atoms in total. The van der Waals surface area contributed by atoms with Crippen LogP contribution in [0.15, 0.2) is 0 Å². The van der Waals surface area contributed by atoms with E-state index in [0.717, 1.165) is 0 Å². The molecule has 0 saturated carbocycles. The Morgan fingerprint density at radius 1 is 1.37 bits per heavy atom. The van der Waals surface area contributed by atoms with Gasteiger partial charge in [0.2, 0.25) is 11.8 Å². The fraction of sp³-hybridized carbons (Fsp3) is 0.500. The summed E-state index contributed by atoms with van der Waals surface area (Å²) in [6.07, 6.45) is 0.585. The highest BCUT2D eigenvalue weighted by atomic mass is 16.2. The molecule has 2 rings (SSSR count). The van der Waals surface area contributed by atoms with Gasteiger partial charge in [-0.25, -0.2) is 9.97 Å². The molecule has 2 amide bonds. The molecule has 1 fully saturated rings. The van der Waals surface area contributed by atoms with Crippen molar-refractivity contribution in [2.75, 3.05) is 17.2 Å². The van der Waals surface area contributed by atoms with Crippen molar-refractivity contribution in [3.05, 3.63) is 11.4 Å². The van der Waals surface area contributed by atoms with E-state index in [9.17, 15) is 9.59 Å². The molecule has 3 N–H and O–H groups in total. The molecular formula is C12H17N5O2. The molecular weight excluding hydrogens is 246 g/mol. The zero-order valence-corrected chi connectivity index (χ0v) is 11.2. The number of piperazine rings is 1. The van der Waals surface area contributed by atoms with Gasteiger partial charge in [-0.1, -0.05) is 6.92 Å². The van der Waals surface area contributed by atoms with Crippen LogP contribution in [-0.2, 0) is 9.59 Å². The highest BCUT2D eigenvalue weighted by Gasteiger charge is 2.34. The maximum absolute atomic E-state index is 11.9. The maximum Gasteiger partial charge on any atom is 0.249 e. The second-order valence-corrected chi connectivity index (χ2v) is 4.57. The first-order valence-corrected chi connectivity index (χ1v) is 6.15. The van der Waals surface area contributed by atoms with Crippen LogP contribution in [0.5, 0.6) is 0 Å². The molecule has 2 heterocycles. The molecule has 1 aliphatic heterocycles. The highest BCUT2D eigenvalue weighted by Crippen LogP contribution is 2.25. The van der Waals surface area contributed by atoms with Gasteiger partial charge in [0.15, 0.2) is 0 Å². The van der Waals surface area contributed by atoms with Gasteiger partial charge in [0.25, 0.3) is 0 Å². The number of amides is 2. The minimum absolute atomic E-state index is 0.0982. The molecule has 1 unspecified atom stereocenters.